The van der Waals surface area contributed by atoms with Crippen LogP contribution in [0.5, 0.6) is 5.75 Å². The lowest BCUT2D eigenvalue weighted by Gasteiger charge is -2.14. The van der Waals surface area contributed by atoms with Crippen LogP contribution in [0, 0.1) is 5.82 Å². The number of ether oxygens (including phenoxy) is 1. The molecule has 0 amide bonds. The van der Waals surface area contributed by atoms with Gasteiger partial charge in [-0.15, -0.1) is 0 Å². The van der Waals surface area contributed by atoms with Crippen LogP contribution in [0.15, 0.2) is 18.2 Å². The number of hydrogen-bond acceptors (Lipinski definition) is 2. The second kappa shape index (κ2) is 5.71. The third-order valence-electron chi connectivity index (χ3n) is 2.34. The van der Waals surface area contributed by atoms with Gasteiger partial charge in [0.2, 0.25) is 0 Å². The lowest BCUT2D eigenvalue weighted by atomic mass is 10.0. The molecule has 1 unspecified atom stereocenters. The molecule has 0 saturated carbocycles. The lowest BCUT2D eigenvalue weighted by molar-refractivity contribution is 0.316. The predicted octanol–water partition coefficient (Wildman–Crippen LogP) is 2.50. The highest BCUT2D eigenvalue weighted by atomic mass is 19.1. The SMILES string of the molecule is CCOc1c(F)cccc1CC(N)CC. The van der Waals surface area contributed by atoms with Crippen molar-refractivity contribution < 1.29 is 9.13 Å². The summed E-state index contributed by atoms with van der Waals surface area (Å²) in [7, 11) is 0. The topological polar surface area (TPSA) is 35.2 Å². The van der Waals surface area contributed by atoms with E-state index in [0.717, 1.165) is 12.0 Å². The molecule has 3 heteroatoms. The number of benzene rings is 1. The minimum Gasteiger partial charge on any atom is -0.491 e. The predicted molar refractivity (Wildman–Crippen MR) is 59.5 cm³/mol. The van der Waals surface area contributed by atoms with Gasteiger partial charge in [-0.25, -0.2) is 4.39 Å². The van der Waals surface area contributed by atoms with E-state index in [1.807, 2.05) is 19.9 Å². The standard InChI is InChI=1S/C12H18FNO/c1-3-10(14)8-9-6-5-7-11(13)12(9)15-4-2/h5-7,10H,3-4,8,14H2,1-2H3. The van der Waals surface area contributed by atoms with E-state index in [2.05, 4.69) is 0 Å². The van der Waals surface area contributed by atoms with Crippen LogP contribution in [0.2, 0.25) is 0 Å². The zero-order chi connectivity index (χ0) is 11.3. The van der Waals surface area contributed by atoms with Gasteiger partial charge in [-0.3, -0.25) is 0 Å². The number of nitrogens with two attached hydrogens (primary N) is 1. The second-order valence-electron chi connectivity index (χ2n) is 3.53. The molecule has 84 valence electrons. The first-order valence-corrected chi connectivity index (χ1v) is 5.34. The Bertz CT molecular complexity index is 314. The Morgan fingerprint density at radius 3 is 2.73 bits per heavy atom. The highest BCUT2D eigenvalue weighted by Gasteiger charge is 2.11. The van der Waals surface area contributed by atoms with Gasteiger partial charge in [0.05, 0.1) is 6.61 Å². The molecule has 0 aliphatic carbocycles. The maximum absolute atomic E-state index is 13.4. The zero-order valence-electron chi connectivity index (χ0n) is 9.29. The van der Waals surface area contributed by atoms with E-state index in [0.29, 0.717) is 18.8 Å². The van der Waals surface area contributed by atoms with Gasteiger partial charge in [0, 0.05) is 6.04 Å². The molecule has 0 heterocycles. The van der Waals surface area contributed by atoms with Gasteiger partial charge in [0.25, 0.3) is 0 Å². The first-order valence-electron chi connectivity index (χ1n) is 5.34. The highest BCUT2D eigenvalue weighted by molar-refractivity contribution is 5.35. The molecule has 2 nitrogen and oxygen atoms in total. The Kier molecular flexibility index (Phi) is 4.56. The Labute approximate surface area is 90.2 Å². The minimum atomic E-state index is -0.308. The molecule has 0 saturated heterocycles. The van der Waals surface area contributed by atoms with Crippen molar-refractivity contribution in [3.05, 3.63) is 29.6 Å². The average molecular weight is 211 g/mol. The van der Waals surface area contributed by atoms with Crippen molar-refractivity contribution in [1.82, 2.24) is 0 Å². The Morgan fingerprint density at radius 2 is 2.13 bits per heavy atom. The first kappa shape index (κ1) is 12.0. The molecule has 0 aromatic heterocycles. The summed E-state index contributed by atoms with van der Waals surface area (Å²) >= 11 is 0. The number of para-hydroxylation sites is 1. The van der Waals surface area contributed by atoms with Gasteiger partial charge >= 0.3 is 0 Å². The largest absolute Gasteiger partial charge is 0.491 e. The van der Waals surface area contributed by atoms with Gasteiger partial charge < -0.3 is 10.5 Å². The normalized spacial score (nSPS) is 12.5. The number of rotatable bonds is 5. The summed E-state index contributed by atoms with van der Waals surface area (Å²) in [6, 6.07) is 5.02. The molecule has 0 aliphatic heterocycles. The van der Waals surface area contributed by atoms with E-state index >= 15 is 0 Å². The van der Waals surface area contributed by atoms with E-state index in [1.165, 1.54) is 6.07 Å². The summed E-state index contributed by atoms with van der Waals surface area (Å²) < 4.78 is 18.7. The fourth-order valence-electron chi connectivity index (χ4n) is 1.45. The highest BCUT2D eigenvalue weighted by Crippen LogP contribution is 2.24. The molecule has 0 spiro atoms. The fraction of sp³-hybridized carbons (Fsp3) is 0.500. The third kappa shape index (κ3) is 3.20. The first-order chi connectivity index (χ1) is 7.19. The molecular weight excluding hydrogens is 193 g/mol. The molecular formula is C12H18FNO. The van der Waals surface area contributed by atoms with Crippen LogP contribution in [-0.2, 0) is 6.42 Å². The maximum Gasteiger partial charge on any atom is 0.165 e. The van der Waals surface area contributed by atoms with Crippen LogP contribution in [-0.4, -0.2) is 12.6 Å². The number of hydrogen-bond donors (Lipinski definition) is 1. The van der Waals surface area contributed by atoms with Crippen LogP contribution in [0.4, 0.5) is 4.39 Å². The Morgan fingerprint density at radius 1 is 1.40 bits per heavy atom. The average Bonchev–Trinajstić information content (AvgIpc) is 2.23. The molecule has 0 aliphatic rings. The minimum absolute atomic E-state index is 0.0611. The van der Waals surface area contributed by atoms with Crippen molar-refractivity contribution in [2.45, 2.75) is 32.7 Å². The van der Waals surface area contributed by atoms with Gasteiger partial charge in [-0.2, -0.15) is 0 Å². The summed E-state index contributed by atoms with van der Waals surface area (Å²) in [5, 5.41) is 0. The van der Waals surface area contributed by atoms with Gasteiger partial charge in [0.15, 0.2) is 11.6 Å². The van der Waals surface area contributed by atoms with Crippen molar-refractivity contribution in [2.24, 2.45) is 5.73 Å². The van der Waals surface area contributed by atoms with Gasteiger partial charge in [-0.05, 0) is 31.4 Å². The van der Waals surface area contributed by atoms with Crippen LogP contribution in [0.25, 0.3) is 0 Å². The molecule has 2 N–H and O–H groups in total. The van der Waals surface area contributed by atoms with E-state index in [9.17, 15) is 4.39 Å². The van der Waals surface area contributed by atoms with Crippen LogP contribution in [0.1, 0.15) is 25.8 Å². The molecule has 1 atom stereocenters. The third-order valence-corrected chi connectivity index (χ3v) is 2.34. The summed E-state index contributed by atoms with van der Waals surface area (Å²) in [6.07, 6.45) is 1.53. The fourth-order valence-corrected chi connectivity index (χ4v) is 1.45. The summed E-state index contributed by atoms with van der Waals surface area (Å²) in [6.45, 7) is 4.33. The van der Waals surface area contributed by atoms with Gasteiger partial charge in [-0.1, -0.05) is 19.1 Å². The quantitative estimate of drug-likeness (QED) is 0.812. The van der Waals surface area contributed by atoms with E-state index in [-0.39, 0.29) is 11.9 Å². The molecule has 1 aromatic rings. The van der Waals surface area contributed by atoms with Crippen molar-refractivity contribution >= 4 is 0 Å². The van der Waals surface area contributed by atoms with Crippen molar-refractivity contribution in [2.75, 3.05) is 6.61 Å². The van der Waals surface area contributed by atoms with E-state index in [1.54, 1.807) is 6.07 Å². The molecule has 0 bridgehead atoms. The molecule has 1 rings (SSSR count). The monoisotopic (exact) mass is 211 g/mol. The molecule has 0 fully saturated rings. The Balaban J connectivity index is 2.89. The van der Waals surface area contributed by atoms with Crippen molar-refractivity contribution in [3.63, 3.8) is 0 Å². The summed E-state index contributed by atoms with van der Waals surface area (Å²) in [4.78, 5) is 0. The molecule has 0 radical (unpaired) electrons. The lowest BCUT2D eigenvalue weighted by Crippen LogP contribution is -2.22. The summed E-state index contributed by atoms with van der Waals surface area (Å²) in [5.74, 6) is 0.0431. The Hall–Kier alpha value is -1.09. The smallest absolute Gasteiger partial charge is 0.165 e. The van der Waals surface area contributed by atoms with Crippen LogP contribution < -0.4 is 10.5 Å². The van der Waals surface area contributed by atoms with Crippen molar-refractivity contribution in [3.8, 4) is 5.75 Å². The maximum atomic E-state index is 13.4. The van der Waals surface area contributed by atoms with E-state index < -0.39 is 0 Å². The molecule has 1 aromatic carbocycles. The number of halogens is 1. The van der Waals surface area contributed by atoms with Crippen molar-refractivity contribution in [1.29, 1.82) is 0 Å². The second-order valence-corrected chi connectivity index (χ2v) is 3.53. The van der Waals surface area contributed by atoms with Crippen LogP contribution >= 0.6 is 0 Å². The molecule has 15 heavy (non-hydrogen) atoms. The van der Waals surface area contributed by atoms with Gasteiger partial charge in [0.1, 0.15) is 0 Å². The van der Waals surface area contributed by atoms with Crippen LogP contribution in [0.3, 0.4) is 0 Å². The van der Waals surface area contributed by atoms with E-state index in [4.69, 9.17) is 10.5 Å². The summed E-state index contributed by atoms with van der Waals surface area (Å²) in [5.41, 5.74) is 6.70. The zero-order valence-corrected chi connectivity index (χ0v) is 9.29.